The predicted molar refractivity (Wildman–Crippen MR) is 87.2 cm³/mol. The van der Waals surface area contributed by atoms with Crippen molar-refractivity contribution in [3.05, 3.63) is 24.3 Å². The van der Waals surface area contributed by atoms with Gasteiger partial charge >= 0.3 is 0 Å². The van der Waals surface area contributed by atoms with Crippen molar-refractivity contribution >= 4 is 21.6 Å². The number of benzene rings is 1. The zero-order chi connectivity index (χ0) is 15.9. The van der Waals surface area contributed by atoms with Crippen LogP contribution in [0.2, 0.25) is 0 Å². The van der Waals surface area contributed by atoms with E-state index in [1.54, 1.807) is 23.9 Å². The van der Waals surface area contributed by atoms with Crippen LogP contribution in [0, 0.1) is 11.3 Å². The van der Waals surface area contributed by atoms with Crippen molar-refractivity contribution in [1.29, 1.82) is 5.26 Å². The minimum absolute atomic E-state index is 0.332. The van der Waals surface area contributed by atoms with Crippen LogP contribution >= 0.6 is 11.8 Å². The van der Waals surface area contributed by atoms with Crippen molar-refractivity contribution in [3.8, 4) is 6.07 Å². The Morgan fingerprint density at radius 2 is 1.95 bits per heavy atom. The van der Waals surface area contributed by atoms with E-state index in [1.807, 2.05) is 19.1 Å². The summed E-state index contributed by atoms with van der Waals surface area (Å²) in [6, 6.07) is 9.19. The molecule has 6 heteroatoms. The molecule has 0 aliphatic carbocycles. The first-order valence-electron chi connectivity index (χ1n) is 6.90. The monoisotopic (exact) mass is 326 g/mol. The Hall–Kier alpha value is -1.03. The summed E-state index contributed by atoms with van der Waals surface area (Å²) >= 11 is 1.63. The first-order chi connectivity index (χ1) is 9.80. The van der Waals surface area contributed by atoms with Crippen LogP contribution in [0.5, 0.6) is 0 Å². The average molecular weight is 326 g/mol. The fourth-order valence-electron chi connectivity index (χ4n) is 1.74. The van der Waals surface area contributed by atoms with Gasteiger partial charge in [0.2, 0.25) is 0 Å². The highest BCUT2D eigenvalue weighted by atomic mass is 32.2. The summed E-state index contributed by atoms with van der Waals surface area (Å²) in [4.78, 5) is 1.34. The lowest BCUT2D eigenvalue weighted by molar-refractivity contribution is 0.437. The quantitative estimate of drug-likeness (QED) is 0.744. The first kappa shape index (κ1) is 18.0. The van der Waals surface area contributed by atoms with Crippen molar-refractivity contribution in [2.24, 2.45) is 0 Å². The molecule has 1 rings (SSSR count). The number of nitrogens with zero attached hydrogens (tertiary/aromatic N) is 1. The van der Waals surface area contributed by atoms with Gasteiger partial charge in [0.25, 0.3) is 0 Å². The number of sulfone groups is 1. The molecule has 0 aromatic heterocycles. The van der Waals surface area contributed by atoms with Crippen LogP contribution in [0.15, 0.2) is 34.1 Å². The highest BCUT2D eigenvalue weighted by Crippen LogP contribution is 2.23. The number of thioether (sulfide) groups is 1. The normalized spacial score (nSPS) is 14.4. The lowest BCUT2D eigenvalue weighted by atomic mass is 10.0. The van der Waals surface area contributed by atoms with E-state index in [9.17, 15) is 13.7 Å². The molecule has 1 N–H and O–H groups in total. The maximum atomic E-state index is 11.4. The second-order valence-corrected chi connectivity index (χ2v) is 8.40. The van der Waals surface area contributed by atoms with E-state index < -0.39 is 15.4 Å². The Bertz CT molecular complexity index is 591. The van der Waals surface area contributed by atoms with Gasteiger partial charge in [-0.15, -0.1) is 11.8 Å². The van der Waals surface area contributed by atoms with E-state index in [0.717, 1.165) is 30.0 Å². The molecule has 0 radical (unpaired) electrons. The molecule has 4 nitrogen and oxygen atoms in total. The van der Waals surface area contributed by atoms with Gasteiger partial charge in [0.05, 0.1) is 11.0 Å². The fourth-order valence-corrected chi connectivity index (χ4v) is 3.45. The van der Waals surface area contributed by atoms with E-state index in [1.165, 1.54) is 6.26 Å². The molecule has 0 heterocycles. The van der Waals surface area contributed by atoms with E-state index in [0.29, 0.717) is 4.90 Å². The largest absolute Gasteiger partial charge is 0.300 e. The smallest absolute Gasteiger partial charge is 0.175 e. The predicted octanol–water partition coefficient (Wildman–Crippen LogP) is 2.85. The number of nitrogens with one attached hydrogen (secondary N) is 1. The van der Waals surface area contributed by atoms with Crippen molar-refractivity contribution in [2.45, 2.75) is 42.0 Å². The Kier molecular flexibility index (Phi) is 6.72. The van der Waals surface area contributed by atoms with Crippen LogP contribution < -0.4 is 5.32 Å². The third-order valence-electron chi connectivity index (χ3n) is 3.13. The molecule has 0 bridgehead atoms. The van der Waals surface area contributed by atoms with Gasteiger partial charge in [0, 0.05) is 16.9 Å². The summed E-state index contributed by atoms with van der Waals surface area (Å²) in [5.41, 5.74) is -0.504. The molecule has 1 aromatic carbocycles. The number of nitriles is 1. The summed E-state index contributed by atoms with van der Waals surface area (Å²) < 4.78 is 22.8. The molecule has 0 saturated carbocycles. The minimum atomic E-state index is -3.14. The molecule has 0 saturated heterocycles. The molecule has 0 aliphatic heterocycles. The Balaban J connectivity index is 2.54. The average Bonchev–Trinajstić information content (AvgIpc) is 2.45. The zero-order valence-corrected chi connectivity index (χ0v) is 14.4. The highest BCUT2D eigenvalue weighted by molar-refractivity contribution is 7.99. The third kappa shape index (κ3) is 6.08. The fraction of sp³-hybridized carbons (Fsp3) is 0.533. The molecular formula is C15H22N2O2S2. The van der Waals surface area contributed by atoms with Gasteiger partial charge in [0.1, 0.15) is 5.54 Å². The van der Waals surface area contributed by atoms with Crippen LogP contribution in [0.3, 0.4) is 0 Å². The Morgan fingerprint density at radius 1 is 1.33 bits per heavy atom. The zero-order valence-electron chi connectivity index (χ0n) is 12.7. The van der Waals surface area contributed by atoms with Crippen LogP contribution in [-0.4, -0.2) is 32.5 Å². The van der Waals surface area contributed by atoms with E-state index >= 15 is 0 Å². The van der Waals surface area contributed by atoms with Gasteiger partial charge in [-0.1, -0.05) is 6.92 Å². The molecule has 0 aliphatic rings. The molecular weight excluding hydrogens is 304 g/mol. The molecule has 1 atom stereocenters. The second kappa shape index (κ2) is 7.83. The Morgan fingerprint density at radius 3 is 2.43 bits per heavy atom. The maximum absolute atomic E-state index is 11.4. The second-order valence-electron chi connectivity index (χ2n) is 5.21. The van der Waals surface area contributed by atoms with E-state index in [4.69, 9.17) is 0 Å². The molecule has 0 amide bonds. The molecule has 116 valence electrons. The number of rotatable bonds is 8. The molecule has 0 spiro atoms. The van der Waals surface area contributed by atoms with Crippen molar-refractivity contribution in [2.75, 3.05) is 18.6 Å². The van der Waals surface area contributed by atoms with Gasteiger partial charge in [0.15, 0.2) is 9.84 Å². The molecule has 1 aromatic rings. The van der Waals surface area contributed by atoms with Crippen LogP contribution in [0.1, 0.15) is 26.7 Å². The lowest BCUT2D eigenvalue weighted by Gasteiger charge is -2.22. The number of hydrogen-bond acceptors (Lipinski definition) is 5. The van der Waals surface area contributed by atoms with Gasteiger partial charge in [-0.05, 0) is 50.6 Å². The minimum Gasteiger partial charge on any atom is -0.300 e. The SMILES string of the molecule is CCCNC(C)(C#N)CCSc1ccc(S(C)(=O)=O)cc1. The van der Waals surface area contributed by atoms with Crippen LogP contribution in [0.25, 0.3) is 0 Å². The van der Waals surface area contributed by atoms with Crippen LogP contribution in [0.4, 0.5) is 0 Å². The third-order valence-corrected chi connectivity index (χ3v) is 5.28. The summed E-state index contributed by atoms with van der Waals surface area (Å²) in [6.07, 6.45) is 2.94. The van der Waals surface area contributed by atoms with Gasteiger partial charge in [-0.3, -0.25) is 5.32 Å². The maximum Gasteiger partial charge on any atom is 0.175 e. The van der Waals surface area contributed by atoms with Crippen molar-refractivity contribution < 1.29 is 8.42 Å². The topological polar surface area (TPSA) is 70.0 Å². The summed E-state index contributed by atoms with van der Waals surface area (Å²) in [5, 5.41) is 12.5. The van der Waals surface area contributed by atoms with Crippen molar-refractivity contribution in [1.82, 2.24) is 5.32 Å². The lowest BCUT2D eigenvalue weighted by Crippen LogP contribution is -2.41. The molecule has 1 unspecified atom stereocenters. The Labute approximate surface area is 131 Å². The summed E-state index contributed by atoms with van der Waals surface area (Å²) in [5.74, 6) is 0.805. The standard InChI is InChI=1S/C15H22N2O2S2/c1-4-10-17-15(2,12-16)9-11-20-13-5-7-14(8-6-13)21(3,18)19/h5-8,17H,4,9-11H2,1-3H3. The van der Waals surface area contributed by atoms with Gasteiger partial charge in [-0.2, -0.15) is 5.26 Å². The van der Waals surface area contributed by atoms with Crippen LogP contribution in [-0.2, 0) is 9.84 Å². The highest BCUT2D eigenvalue weighted by Gasteiger charge is 2.21. The summed E-state index contributed by atoms with van der Waals surface area (Å²) in [7, 11) is -3.14. The molecule has 0 fully saturated rings. The van der Waals surface area contributed by atoms with E-state index in [2.05, 4.69) is 18.3 Å². The van der Waals surface area contributed by atoms with Gasteiger partial charge in [-0.25, -0.2) is 8.42 Å². The molecule has 21 heavy (non-hydrogen) atoms. The number of hydrogen-bond donors (Lipinski definition) is 1. The van der Waals surface area contributed by atoms with Crippen molar-refractivity contribution in [3.63, 3.8) is 0 Å². The first-order valence-corrected chi connectivity index (χ1v) is 9.77. The van der Waals surface area contributed by atoms with E-state index in [-0.39, 0.29) is 0 Å². The summed E-state index contributed by atoms with van der Waals surface area (Å²) in [6.45, 7) is 4.82. The van der Waals surface area contributed by atoms with Gasteiger partial charge < -0.3 is 0 Å².